The highest BCUT2D eigenvalue weighted by molar-refractivity contribution is 5.25. The van der Waals surface area contributed by atoms with E-state index in [0.29, 0.717) is 13.2 Å². The molecule has 1 heteroatoms. The molecule has 1 aliphatic rings. The number of ether oxygens (including phenoxy) is 1. The molecule has 1 aromatic rings. The summed E-state index contributed by atoms with van der Waals surface area (Å²) in [5, 5.41) is 0. The van der Waals surface area contributed by atoms with Crippen LogP contribution in [0.5, 0.6) is 0 Å². The van der Waals surface area contributed by atoms with E-state index in [4.69, 9.17) is 4.74 Å². The molecule has 120 valence electrons. The van der Waals surface area contributed by atoms with Gasteiger partial charge in [-0.15, -0.1) is 0 Å². The first-order chi connectivity index (χ1) is 10.8. The van der Waals surface area contributed by atoms with E-state index >= 15 is 0 Å². The number of allylic oxidation sites excluding steroid dienone is 3. The fraction of sp³-hybridized carbons (Fsp3) is 0.524. The van der Waals surface area contributed by atoms with E-state index < -0.39 is 0 Å². The number of benzene rings is 1. The van der Waals surface area contributed by atoms with Crippen molar-refractivity contribution in [2.24, 2.45) is 5.92 Å². The van der Waals surface area contributed by atoms with Gasteiger partial charge in [0.25, 0.3) is 0 Å². The largest absolute Gasteiger partial charge is 0.373 e. The third-order valence-corrected chi connectivity index (χ3v) is 4.59. The quantitative estimate of drug-likeness (QED) is 0.442. The second kappa shape index (κ2) is 9.63. The Morgan fingerprint density at radius 2 is 1.77 bits per heavy atom. The zero-order valence-electron chi connectivity index (χ0n) is 14.1. The first kappa shape index (κ1) is 17.0. The zero-order chi connectivity index (χ0) is 15.6. The molecule has 22 heavy (non-hydrogen) atoms. The fourth-order valence-electron chi connectivity index (χ4n) is 3.20. The molecule has 1 saturated carbocycles. The minimum Gasteiger partial charge on any atom is -0.373 e. The van der Waals surface area contributed by atoms with Crippen LogP contribution < -0.4 is 0 Å². The van der Waals surface area contributed by atoms with Gasteiger partial charge in [-0.05, 0) is 62.0 Å². The van der Waals surface area contributed by atoms with Gasteiger partial charge in [0.2, 0.25) is 0 Å². The lowest BCUT2D eigenvalue weighted by Gasteiger charge is -2.27. The summed E-state index contributed by atoms with van der Waals surface area (Å²) in [6.45, 7) is 5.64. The van der Waals surface area contributed by atoms with Gasteiger partial charge in [-0.25, -0.2) is 0 Å². The van der Waals surface area contributed by atoms with Gasteiger partial charge >= 0.3 is 0 Å². The maximum Gasteiger partial charge on any atom is 0.0721 e. The molecule has 0 saturated heterocycles. The van der Waals surface area contributed by atoms with Crippen LogP contribution in [0.15, 0.2) is 48.6 Å². The Kier molecular flexibility index (Phi) is 7.45. The van der Waals surface area contributed by atoms with Gasteiger partial charge in [0.1, 0.15) is 0 Å². The number of hydrogen-bond donors (Lipinski definition) is 0. The summed E-state index contributed by atoms with van der Waals surface area (Å²) < 4.78 is 5.60. The molecule has 0 radical (unpaired) electrons. The third-order valence-electron chi connectivity index (χ3n) is 4.59. The number of hydrogen-bond acceptors (Lipinski definition) is 1. The van der Waals surface area contributed by atoms with Gasteiger partial charge in [-0.2, -0.15) is 0 Å². The first-order valence-corrected chi connectivity index (χ1v) is 8.77. The Hall–Kier alpha value is -1.34. The smallest absolute Gasteiger partial charge is 0.0721 e. The molecule has 1 aliphatic carbocycles. The molecule has 0 aliphatic heterocycles. The van der Waals surface area contributed by atoms with Crippen LogP contribution in [0.4, 0.5) is 0 Å². The lowest BCUT2D eigenvalue weighted by atomic mass is 9.78. The van der Waals surface area contributed by atoms with Crippen LogP contribution in [0, 0.1) is 5.92 Å². The van der Waals surface area contributed by atoms with Crippen molar-refractivity contribution in [1.82, 2.24) is 0 Å². The topological polar surface area (TPSA) is 9.23 Å². The van der Waals surface area contributed by atoms with Crippen LogP contribution in [0.25, 0.3) is 0 Å². The van der Waals surface area contributed by atoms with Gasteiger partial charge in [0.15, 0.2) is 0 Å². The summed E-state index contributed by atoms with van der Waals surface area (Å²) in [7, 11) is 0. The molecule has 0 spiro atoms. The van der Waals surface area contributed by atoms with Crippen LogP contribution in [-0.4, -0.2) is 6.61 Å². The first-order valence-electron chi connectivity index (χ1n) is 8.77. The summed E-state index contributed by atoms with van der Waals surface area (Å²) in [4.78, 5) is 0. The second-order valence-corrected chi connectivity index (χ2v) is 6.27. The molecule has 2 rings (SSSR count). The molecule has 0 atom stereocenters. The monoisotopic (exact) mass is 298 g/mol. The predicted molar refractivity (Wildman–Crippen MR) is 95.0 cm³/mol. The molecule has 0 heterocycles. The Balaban J connectivity index is 1.80. The van der Waals surface area contributed by atoms with Crippen molar-refractivity contribution in [2.45, 2.75) is 58.5 Å². The van der Waals surface area contributed by atoms with E-state index in [2.05, 4.69) is 43.3 Å². The minimum absolute atomic E-state index is 0.702. The SMILES string of the molecule is C/C=C/COCc1ccc(C2CCC(/C=C/CC)CC2)cc1. The summed E-state index contributed by atoms with van der Waals surface area (Å²) >= 11 is 0. The highest BCUT2D eigenvalue weighted by Gasteiger charge is 2.20. The van der Waals surface area contributed by atoms with Crippen molar-refractivity contribution in [3.8, 4) is 0 Å². The van der Waals surface area contributed by atoms with E-state index in [1.54, 1.807) is 0 Å². The van der Waals surface area contributed by atoms with Crippen molar-refractivity contribution >= 4 is 0 Å². The van der Waals surface area contributed by atoms with Gasteiger partial charge < -0.3 is 4.74 Å². The summed E-state index contributed by atoms with van der Waals surface area (Å²) in [5.74, 6) is 1.57. The average Bonchev–Trinajstić information content (AvgIpc) is 2.58. The fourth-order valence-corrected chi connectivity index (χ4v) is 3.20. The molecule has 1 fully saturated rings. The third kappa shape index (κ3) is 5.46. The van der Waals surface area contributed by atoms with Crippen LogP contribution in [0.1, 0.15) is 63.0 Å². The normalized spacial score (nSPS) is 22.6. The number of rotatable bonds is 7. The molecule has 0 amide bonds. The summed E-state index contributed by atoms with van der Waals surface area (Å²) in [6, 6.07) is 9.07. The lowest BCUT2D eigenvalue weighted by Crippen LogP contribution is -2.11. The summed E-state index contributed by atoms with van der Waals surface area (Å²) in [5.41, 5.74) is 2.78. The molecule has 1 aromatic carbocycles. The Labute approximate surface area is 136 Å². The van der Waals surface area contributed by atoms with Gasteiger partial charge in [0.05, 0.1) is 13.2 Å². The zero-order valence-corrected chi connectivity index (χ0v) is 14.1. The van der Waals surface area contributed by atoms with Gasteiger partial charge in [0, 0.05) is 0 Å². The van der Waals surface area contributed by atoms with Gasteiger partial charge in [-0.1, -0.05) is 55.5 Å². The molecule has 0 unspecified atom stereocenters. The molecule has 0 aromatic heterocycles. The Morgan fingerprint density at radius 3 is 2.41 bits per heavy atom. The maximum absolute atomic E-state index is 5.60. The molecule has 1 nitrogen and oxygen atoms in total. The van der Waals surface area contributed by atoms with E-state index in [1.165, 1.54) is 36.8 Å². The molecule has 0 bridgehead atoms. The molecular formula is C21H30O. The molecular weight excluding hydrogens is 268 g/mol. The van der Waals surface area contributed by atoms with Crippen molar-refractivity contribution in [2.75, 3.05) is 6.61 Å². The van der Waals surface area contributed by atoms with Crippen LogP contribution >= 0.6 is 0 Å². The van der Waals surface area contributed by atoms with Crippen molar-refractivity contribution in [3.63, 3.8) is 0 Å². The van der Waals surface area contributed by atoms with E-state index in [0.717, 1.165) is 18.3 Å². The van der Waals surface area contributed by atoms with Gasteiger partial charge in [-0.3, -0.25) is 0 Å². The Bertz CT molecular complexity index is 461. The molecule has 0 N–H and O–H groups in total. The van der Waals surface area contributed by atoms with E-state index in [9.17, 15) is 0 Å². The van der Waals surface area contributed by atoms with Crippen molar-refractivity contribution in [3.05, 3.63) is 59.7 Å². The predicted octanol–water partition coefficient (Wildman–Crippen LogP) is 6.02. The Morgan fingerprint density at radius 1 is 1.05 bits per heavy atom. The average molecular weight is 298 g/mol. The minimum atomic E-state index is 0.702. The highest BCUT2D eigenvalue weighted by atomic mass is 16.5. The lowest BCUT2D eigenvalue weighted by molar-refractivity contribution is 0.148. The van der Waals surface area contributed by atoms with Crippen LogP contribution in [0.3, 0.4) is 0 Å². The van der Waals surface area contributed by atoms with Crippen LogP contribution in [-0.2, 0) is 11.3 Å². The van der Waals surface area contributed by atoms with E-state index in [1.807, 2.05) is 19.1 Å². The maximum atomic E-state index is 5.60. The van der Waals surface area contributed by atoms with Crippen LogP contribution in [0.2, 0.25) is 0 Å². The second-order valence-electron chi connectivity index (χ2n) is 6.27. The van der Waals surface area contributed by atoms with E-state index in [-0.39, 0.29) is 0 Å². The summed E-state index contributed by atoms with van der Waals surface area (Å²) in [6.07, 6.45) is 15.3. The van der Waals surface area contributed by atoms with Crippen molar-refractivity contribution < 1.29 is 4.74 Å². The highest BCUT2D eigenvalue weighted by Crippen LogP contribution is 2.36. The standard InChI is InChI=1S/C21H30O/c1-3-5-7-18-8-12-20(13-9-18)21-14-10-19(11-15-21)17-22-16-6-4-2/h4-7,10-11,14-15,18,20H,3,8-9,12-13,16-17H2,1-2H3/b6-4+,7-5+. The van der Waals surface area contributed by atoms with Crippen molar-refractivity contribution in [1.29, 1.82) is 0 Å².